The Balaban J connectivity index is 0.0000109. The van der Waals surface area contributed by atoms with Crippen molar-refractivity contribution in [2.75, 3.05) is 0 Å². The molecule has 0 unspecified atom stereocenters. The van der Waals surface area contributed by atoms with Gasteiger partial charge in [0.25, 0.3) is 5.79 Å². The molecule has 2 atom stereocenters. The summed E-state index contributed by atoms with van der Waals surface area (Å²) < 4.78 is 9.56. The van der Waals surface area contributed by atoms with Gasteiger partial charge in [0, 0.05) is 32.6 Å². The molecule has 0 aromatic heterocycles. The zero-order valence-electron chi connectivity index (χ0n) is 21.0. The molecule has 1 rings (SSSR count). The Morgan fingerprint density at radius 3 is 2.21 bits per heavy atom. The van der Waals surface area contributed by atoms with Crippen molar-refractivity contribution in [3.8, 4) is 0 Å². The minimum atomic E-state index is -2.46. The van der Waals surface area contributed by atoms with Gasteiger partial charge in [-0.3, -0.25) is 14.4 Å². The van der Waals surface area contributed by atoms with E-state index in [1.807, 2.05) is 6.08 Å². The Morgan fingerprint density at radius 2 is 1.68 bits per heavy atom. The number of Topliss-reactive ketones (excluding diaryl/α,β-unsaturated/α-hetero) is 1. The zero-order valence-corrected chi connectivity index (χ0v) is 22.5. The van der Waals surface area contributed by atoms with Crippen LogP contribution >= 0.6 is 0 Å². The van der Waals surface area contributed by atoms with Crippen molar-refractivity contribution >= 4 is 23.7 Å². The number of ether oxygens (including phenoxy) is 2. The smallest absolute Gasteiger partial charge is 0.543 e. The molecular formula is C26H39AgO7. The third-order valence-electron chi connectivity index (χ3n) is 6.04. The molecule has 1 aliphatic carbocycles. The van der Waals surface area contributed by atoms with E-state index in [4.69, 9.17) is 9.47 Å². The first kappa shape index (κ1) is 32.3. The summed E-state index contributed by atoms with van der Waals surface area (Å²) in [6, 6.07) is 0. The molecule has 1 aliphatic rings. The number of carboxylic acids is 1. The number of rotatable bonds is 14. The molecule has 196 valence electrons. The average Bonchev–Trinajstić information content (AvgIpc) is 3.04. The normalized spacial score (nSPS) is 18.8. The molecule has 1 saturated carbocycles. The van der Waals surface area contributed by atoms with Crippen LogP contribution in [0, 0.1) is 17.3 Å². The van der Waals surface area contributed by atoms with Crippen molar-refractivity contribution in [3.63, 3.8) is 0 Å². The van der Waals surface area contributed by atoms with Crippen LogP contribution in [0.15, 0.2) is 24.3 Å². The largest absolute Gasteiger partial charge is 1.00 e. The number of carboxylic acid groups (broad SMARTS) is 1. The first-order chi connectivity index (χ1) is 15.4. The molecule has 7 nitrogen and oxygen atoms in total. The Bertz CT molecular complexity index is 738. The Hall–Kier alpha value is -1.70. The number of unbranched alkanes of at least 4 members (excludes halogenated alkanes) is 1. The number of allylic oxidation sites excluding steroid dienone is 4. The molecule has 0 aromatic carbocycles. The third kappa shape index (κ3) is 11.2. The summed E-state index contributed by atoms with van der Waals surface area (Å²) in [5.74, 6) is -5.69. The number of esters is 2. The van der Waals surface area contributed by atoms with Crippen LogP contribution < -0.4 is 5.11 Å². The van der Waals surface area contributed by atoms with Crippen molar-refractivity contribution in [3.05, 3.63) is 24.3 Å². The van der Waals surface area contributed by atoms with Crippen LogP contribution in [0.5, 0.6) is 0 Å². The van der Waals surface area contributed by atoms with Gasteiger partial charge in [0.15, 0.2) is 0 Å². The molecule has 0 spiro atoms. The Morgan fingerprint density at radius 1 is 1.06 bits per heavy atom. The SMILES string of the molecule is CCCCC(C)(C)C/C=C/[C@H]1CCC(=O)[C@@H]1C/C=C\CCC(OC(C)=O)(OC(C)=O)C(=O)[O-].[Ag+]. The van der Waals surface area contributed by atoms with Gasteiger partial charge in [0.1, 0.15) is 11.8 Å². The van der Waals surface area contributed by atoms with E-state index in [-0.39, 0.29) is 58.3 Å². The summed E-state index contributed by atoms with van der Waals surface area (Å²) in [5, 5.41) is 11.5. The standard InChI is InChI=1S/C26H40O7.Ag/c1-6-7-16-25(4,5)17-11-12-21-14-15-23(29)22(21)13-9-8-10-18-26(24(30)31,32-19(2)27)33-20(3)28;/h8-9,11-12,21-22H,6-7,10,13-18H2,1-5H3,(H,30,31);/q;+1/p-1/b9-8-,12-11+;/t21-,22+;/m0./s1. The summed E-state index contributed by atoms with van der Waals surface area (Å²) in [6.07, 6.45) is 14.3. The molecule has 0 aromatic rings. The summed E-state index contributed by atoms with van der Waals surface area (Å²) in [5.41, 5.74) is 0.250. The number of carbonyl (C=O) groups excluding carboxylic acids is 4. The molecule has 0 N–H and O–H groups in total. The van der Waals surface area contributed by atoms with Crippen LogP contribution in [0.25, 0.3) is 0 Å². The van der Waals surface area contributed by atoms with E-state index in [1.54, 1.807) is 6.08 Å². The summed E-state index contributed by atoms with van der Waals surface area (Å²) >= 11 is 0. The second-order valence-electron chi connectivity index (χ2n) is 9.65. The molecular weight excluding hydrogens is 532 g/mol. The van der Waals surface area contributed by atoms with Gasteiger partial charge in [0.2, 0.25) is 0 Å². The van der Waals surface area contributed by atoms with Gasteiger partial charge >= 0.3 is 34.3 Å². The molecule has 0 heterocycles. The van der Waals surface area contributed by atoms with Crippen molar-refractivity contribution in [2.45, 2.75) is 98.2 Å². The van der Waals surface area contributed by atoms with Crippen LogP contribution in [0.4, 0.5) is 0 Å². The number of aliphatic carboxylic acids is 1. The molecule has 0 saturated heterocycles. The maximum Gasteiger partial charge on any atom is 1.00 e. The summed E-state index contributed by atoms with van der Waals surface area (Å²) in [7, 11) is 0. The van der Waals surface area contributed by atoms with Gasteiger partial charge in [0.05, 0.1) is 0 Å². The molecule has 8 heteroatoms. The van der Waals surface area contributed by atoms with Crippen molar-refractivity contribution in [1.82, 2.24) is 0 Å². The van der Waals surface area contributed by atoms with Crippen molar-refractivity contribution in [2.24, 2.45) is 17.3 Å². The van der Waals surface area contributed by atoms with Gasteiger partial charge < -0.3 is 19.4 Å². The van der Waals surface area contributed by atoms with Gasteiger partial charge in [-0.2, -0.15) is 0 Å². The fourth-order valence-electron chi connectivity index (χ4n) is 4.20. The first-order valence-corrected chi connectivity index (χ1v) is 11.9. The van der Waals surface area contributed by atoms with E-state index < -0.39 is 23.7 Å². The van der Waals surface area contributed by atoms with Gasteiger partial charge in [-0.05, 0) is 43.4 Å². The number of hydrogen-bond acceptors (Lipinski definition) is 7. The zero-order chi connectivity index (χ0) is 25.1. The summed E-state index contributed by atoms with van der Waals surface area (Å²) in [4.78, 5) is 46.5. The molecule has 0 bridgehead atoms. The second kappa shape index (κ2) is 15.3. The summed E-state index contributed by atoms with van der Waals surface area (Å²) in [6.45, 7) is 8.79. The van der Waals surface area contributed by atoms with E-state index in [9.17, 15) is 24.3 Å². The van der Waals surface area contributed by atoms with Crippen LogP contribution in [-0.4, -0.2) is 29.5 Å². The van der Waals surface area contributed by atoms with Crippen molar-refractivity contribution in [1.29, 1.82) is 0 Å². The predicted octanol–water partition coefficient (Wildman–Crippen LogP) is 4.04. The second-order valence-corrected chi connectivity index (χ2v) is 9.65. The molecule has 0 amide bonds. The quantitative estimate of drug-likeness (QED) is 0.134. The van der Waals surface area contributed by atoms with Crippen LogP contribution in [-0.2, 0) is 51.0 Å². The number of hydrogen-bond donors (Lipinski definition) is 0. The number of ketones is 1. The monoisotopic (exact) mass is 570 g/mol. The molecule has 0 radical (unpaired) electrons. The average molecular weight is 571 g/mol. The molecule has 1 fully saturated rings. The fourth-order valence-corrected chi connectivity index (χ4v) is 4.20. The minimum absolute atomic E-state index is 0. The first-order valence-electron chi connectivity index (χ1n) is 11.9. The third-order valence-corrected chi connectivity index (χ3v) is 6.04. The van der Waals surface area contributed by atoms with E-state index in [0.717, 1.165) is 26.7 Å². The molecule has 34 heavy (non-hydrogen) atoms. The number of carbonyl (C=O) groups is 4. The van der Waals surface area contributed by atoms with E-state index in [1.165, 1.54) is 19.3 Å². The maximum absolute atomic E-state index is 12.4. The van der Waals surface area contributed by atoms with Gasteiger partial charge in [-0.25, -0.2) is 0 Å². The van der Waals surface area contributed by atoms with Crippen LogP contribution in [0.1, 0.15) is 92.4 Å². The van der Waals surface area contributed by atoms with Gasteiger partial charge in [-0.1, -0.05) is 57.9 Å². The van der Waals surface area contributed by atoms with E-state index in [2.05, 4.69) is 32.9 Å². The minimum Gasteiger partial charge on any atom is -0.543 e. The Labute approximate surface area is 219 Å². The topological polar surface area (TPSA) is 110 Å². The van der Waals surface area contributed by atoms with E-state index >= 15 is 0 Å². The van der Waals surface area contributed by atoms with Crippen LogP contribution in [0.3, 0.4) is 0 Å². The van der Waals surface area contributed by atoms with Crippen LogP contribution in [0.2, 0.25) is 0 Å². The predicted molar refractivity (Wildman–Crippen MR) is 123 cm³/mol. The maximum atomic E-state index is 12.4. The van der Waals surface area contributed by atoms with E-state index in [0.29, 0.717) is 12.8 Å². The van der Waals surface area contributed by atoms with Crippen molar-refractivity contribution < 1.29 is 56.1 Å². The fraction of sp³-hybridized carbons (Fsp3) is 0.692. The Kier molecular flexibility index (Phi) is 14.6. The molecule has 0 aliphatic heterocycles. The van der Waals surface area contributed by atoms with Gasteiger partial charge in [-0.15, -0.1) is 0 Å².